The molecular weight excluding hydrogens is 338 g/mol. The van der Waals surface area contributed by atoms with Crippen molar-refractivity contribution in [3.8, 4) is 12.3 Å². The maximum Gasteiger partial charge on any atom is 0.0242 e. The second-order valence-electron chi connectivity index (χ2n) is 3.54. The van der Waals surface area contributed by atoms with E-state index >= 15 is 0 Å². The minimum atomic E-state index is 0.977. The third kappa shape index (κ3) is 8.63. The van der Waals surface area contributed by atoms with E-state index in [1.54, 1.807) is 0 Å². The van der Waals surface area contributed by atoms with Crippen molar-refractivity contribution in [1.82, 2.24) is 0 Å². The number of unbranched alkanes of at least 4 members (excludes halogenated alkanes) is 2. The topological polar surface area (TPSA) is 0 Å². The fourth-order valence-corrected chi connectivity index (χ4v) is 2.99. The number of benzene rings is 1. The predicted molar refractivity (Wildman–Crippen MR) is 90.5 cm³/mol. The molecule has 0 aliphatic rings. The summed E-state index contributed by atoms with van der Waals surface area (Å²) in [7, 11) is 0. The summed E-state index contributed by atoms with van der Waals surface area (Å²) >= 11 is 2.47. The van der Waals surface area contributed by atoms with E-state index < -0.39 is 0 Å². The van der Waals surface area contributed by atoms with Gasteiger partial charge in [-0.25, -0.2) is 0 Å². The Morgan fingerprint density at radius 1 is 1.12 bits per heavy atom. The van der Waals surface area contributed by atoms with Crippen LogP contribution in [-0.2, 0) is 6.42 Å². The van der Waals surface area contributed by atoms with Crippen molar-refractivity contribution in [1.29, 1.82) is 0 Å². The second kappa shape index (κ2) is 12.4. The Morgan fingerprint density at radius 2 is 1.76 bits per heavy atom. The number of aryl methyl sites for hydroxylation is 1. The van der Waals surface area contributed by atoms with Crippen LogP contribution < -0.4 is 0 Å². The first-order chi connectivity index (χ1) is 8.36. The van der Waals surface area contributed by atoms with Gasteiger partial charge in [0.15, 0.2) is 0 Å². The van der Waals surface area contributed by atoms with Crippen LogP contribution in [0.15, 0.2) is 24.3 Å². The van der Waals surface area contributed by atoms with Gasteiger partial charge in [0, 0.05) is 5.56 Å². The Balaban J connectivity index is 0.00000121. The molecule has 0 heterocycles. The summed E-state index contributed by atoms with van der Waals surface area (Å²) in [4.78, 5) is 0. The Morgan fingerprint density at radius 3 is 2.29 bits per heavy atom. The van der Waals surface area contributed by atoms with Crippen LogP contribution in [0.5, 0.6) is 0 Å². The van der Waals surface area contributed by atoms with Crippen molar-refractivity contribution in [3.63, 3.8) is 0 Å². The van der Waals surface area contributed by atoms with Crippen molar-refractivity contribution in [2.45, 2.75) is 39.5 Å². The lowest BCUT2D eigenvalue weighted by Crippen LogP contribution is -1.86. The van der Waals surface area contributed by atoms with E-state index in [0.29, 0.717) is 0 Å². The van der Waals surface area contributed by atoms with E-state index in [-0.39, 0.29) is 0 Å². The third-order valence-electron chi connectivity index (χ3n) is 2.36. The molecule has 1 rings (SSSR count). The minimum absolute atomic E-state index is 0.977. The highest BCUT2D eigenvalue weighted by molar-refractivity contribution is 14.2. The van der Waals surface area contributed by atoms with Crippen molar-refractivity contribution >= 4 is 28.3 Å². The van der Waals surface area contributed by atoms with E-state index in [1.807, 2.05) is 26.0 Å². The molecule has 0 N–H and O–H groups in total. The van der Waals surface area contributed by atoms with Gasteiger partial charge in [0.2, 0.25) is 0 Å². The first-order valence-corrected chi connectivity index (χ1v) is 10.6. The van der Waals surface area contributed by atoms with Crippen LogP contribution in [-0.4, -0.2) is 6.16 Å². The molecule has 0 nitrogen and oxygen atoms in total. The molecule has 0 bridgehead atoms. The van der Waals surface area contributed by atoms with Gasteiger partial charge in [-0.15, -0.1) is 6.42 Å². The average Bonchev–Trinajstić information content (AvgIpc) is 2.41. The zero-order valence-corrected chi connectivity index (χ0v) is 14.0. The number of hydrogen-bond acceptors (Lipinski definition) is 0. The fourth-order valence-electron chi connectivity index (χ4n) is 1.47. The van der Waals surface area contributed by atoms with Gasteiger partial charge in [-0.2, -0.15) is 0 Å². The lowest BCUT2D eigenvalue weighted by Gasteiger charge is -2.01. The maximum absolute atomic E-state index is 5.30. The number of halogens is 1. The first-order valence-electron chi connectivity index (χ1n) is 6.26. The molecule has 0 saturated carbocycles. The van der Waals surface area contributed by atoms with Gasteiger partial charge in [0.1, 0.15) is 0 Å². The zero-order valence-electron chi connectivity index (χ0n) is 10.8. The molecule has 0 aromatic heterocycles. The number of rotatable bonds is 6. The van der Waals surface area contributed by atoms with Gasteiger partial charge >= 0.3 is 0 Å². The summed E-state index contributed by atoms with van der Waals surface area (Å²) < 4.78 is 0. The molecule has 1 aromatic carbocycles. The molecule has 0 aliphatic heterocycles. The summed E-state index contributed by atoms with van der Waals surface area (Å²) in [5.74, 6) is 2.64. The van der Waals surface area contributed by atoms with Crippen LogP contribution in [0, 0.1) is 12.3 Å². The van der Waals surface area contributed by atoms with E-state index in [1.165, 1.54) is 37.4 Å². The Bertz CT molecular complexity index is 311. The van der Waals surface area contributed by atoms with Crippen molar-refractivity contribution in [2.75, 3.05) is 6.16 Å². The highest BCUT2D eigenvalue weighted by Gasteiger charge is 1.94. The molecule has 0 fully saturated rings. The quantitative estimate of drug-likeness (QED) is 0.274. The van der Waals surface area contributed by atoms with Crippen LogP contribution in [0.3, 0.4) is 0 Å². The van der Waals surface area contributed by atoms with Gasteiger partial charge in [-0.05, 0) is 43.1 Å². The van der Waals surface area contributed by atoms with Crippen molar-refractivity contribution in [2.24, 2.45) is 0 Å². The normalized spacial score (nSPS) is 9.76. The minimum Gasteiger partial charge on any atom is -0.115 e. The first kappa shape index (κ1) is 16.9. The maximum atomic E-state index is 5.30. The molecule has 1 unspecified atom stereocenters. The summed E-state index contributed by atoms with van der Waals surface area (Å²) in [5, 5.41) is 0. The van der Waals surface area contributed by atoms with Crippen LogP contribution in [0.4, 0.5) is 0 Å². The van der Waals surface area contributed by atoms with Crippen LogP contribution in [0.25, 0.3) is 0 Å². The van der Waals surface area contributed by atoms with E-state index in [2.05, 4.69) is 40.1 Å². The summed E-state index contributed by atoms with van der Waals surface area (Å²) in [6, 6.07) is 8.35. The lowest BCUT2D eigenvalue weighted by molar-refractivity contribution is 0.722. The lowest BCUT2D eigenvalue weighted by atomic mass is 10.1. The summed E-state index contributed by atoms with van der Waals surface area (Å²) in [6.45, 7) is 4.00. The molecular formula is C15H22IP. The van der Waals surface area contributed by atoms with Crippen LogP contribution >= 0.6 is 28.3 Å². The van der Waals surface area contributed by atoms with Crippen LogP contribution in [0.2, 0.25) is 0 Å². The van der Waals surface area contributed by atoms with Gasteiger partial charge in [-0.1, -0.05) is 66.6 Å². The number of hydrogen-bond donors (Lipinski definition) is 0. The van der Waals surface area contributed by atoms with Gasteiger partial charge in [-0.3, -0.25) is 0 Å². The van der Waals surface area contributed by atoms with E-state index in [0.717, 1.165) is 11.8 Å². The smallest absolute Gasteiger partial charge is 0.0242 e. The predicted octanol–water partition coefficient (Wildman–Crippen LogP) is 5.44. The molecule has 0 aliphatic carbocycles. The van der Waals surface area contributed by atoms with Gasteiger partial charge in [0.25, 0.3) is 0 Å². The van der Waals surface area contributed by atoms with Gasteiger partial charge in [0.05, 0.1) is 0 Å². The standard InChI is InChI=1S/C13H16IP.C2H6/c1-2-12-7-9-13(10-8-12)6-4-3-5-11-15-14;1-2/h1,7-10,15H,3-6,11H2;1-2H3. The molecule has 0 radical (unpaired) electrons. The second-order valence-corrected chi connectivity index (χ2v) is 6.59. The van der Waals surface area contributed by atoms with Crippen molar-refractivity contribution in [3.05, 3.63) is 35.4 Å². The van der Waals surface area contributed by atoms with Crippen molar-refractivity contribution < 1.29 is 0 Å². The number of terminal acetylenes is 1. The van der Waals surface area contributed by atoms with E-state index in [4.69, 9.17) is 6.42 Å². The molecule has 0 amide bonds. The zero-order chi connectivity index (χ0) is 12.9. The molecule has 94 valence electrons. The Labute approximate surface area is 121 Å². The summed E-state index contributed by atoms with van der Waals surface area (Å²) in [6.07, 6.45) is 13.0. The largest absolute Gasteiger partial charge is 0.115 e. The fraction of sp³-hybridized carbons (Fsp3) is 0.467. The third-order valence-corrected chi connectivity index (χ3v) is 4.52. The SMILES string of the molecule is C#Cc1ccc(CCCCCPI)cc1.CC. The average molecular weight is 360 g/mol. The highest BCUT2D eigenvalue weighted by Crippen LogP contribution is 2.22. The highest BCUT2D eigenvalue weighted by atomic mass is 127. The monoisotopic (exact) mass is 360 g/mol. The van der Waals surface area contributed by atoms with Crippen LogP contribution in [0.1, 0.15) is 44.2 Å². The molecule has 1 atom stereocenters. The summed E-state index contributed by atoms with van der Waals surface area (Å²) in [5.41, 5.74) is 2.38. The molecule has 0 spiro atoms. The molecule has 17 heavy (non-hydrogen) atoms. The molecule has 1 aromatic rings. The Kier molecular flexibility index (Phi) is 12.4. The van der Waals surface area contributed by atoms with E-state index in [9.17, 15) is 0 Å². The molecule has 2 heteroatoms. The van der Waals surface area contributed by atoms with Gasteiger partial charge < -0.3 is 0 Å². The Hall–Kier alpha value is -0.0600. The molecule has 0 saturated heterocycles.